The summed E-state index contributed by atoms with van der Waals surface area (Å²) in [6.07, 6.45) is 7.84. The Morgan fingerprint density at radius 1 is 0.929 bits per heavy atom. The van der Waals surface area contributed by atoms with Crippen molar-refractivity contribution in [3.05, 3.63) is 0 Å². The largest absolute Gasteiger partial charge is 0.330 e. The molecule has 0 bridgehead atoms. The summed E-state index contributed by atoms with van der Waals surface area (Å²) >= 11 is 0. The quantitative estimate of drug-likeness (QED) is 0.651. The van der Waals surface area contributed by atoms with E-state index >= 15 is 0 Å². The Balaban J connectivity index is 0. The molecule has 0 aliphatic carbocycles. The first-order valence-electron chi connectivity index (χ1n) is 6.44. The molecule has 0 saturated heterocycles. The molecule has 1 nitrogen and oxygen atoms in total. The molecular weight excluding hydrogens is 170 g/mol. The van der Waals surface area contributed by atoms with Crippen LogP contribution in [0, 0.1) is 5.41 Å². The Hall–Kier alpha value is -0.0400. The molecule has 0 aliphatic heterocycles. The van der Waals surface area contributed by atoms with E-state index in [9.17, 15) is 0 Å². The minimum atomic E-state index is 0.560. The van der Waals surface area contributed by atoms with Crippen molar-refractivity contribution in [3.8, 4) is 0 Å². The van der Waals surface area contributed by atoms with Gasteiger partial charge < -0.3 is 5.73 Å². The minimum absolute atomic E-state index is 0.560. The smallest absolute Gasteiger partial charge is 0.00720 e. The Labute approximate surface area is 91.5 Å². The molecule has 0 radical (unpaired) electrons. The molecule has 2 N–H and O–H groups in total. The summed E-state index contributed by atoms with van der Waals surface area (Å²) in [6.45, 7) is 11.7. The number of hydrogen-bond donors (Lipinski definition) is 1. The zero-order valence-electron chi connectivity index (χ0n) is 11.0. The highest BCUT2D eigenvalue weighted by atomic mass is 14.5. The molecule has 0 atom stereocenters. The SMILES string of the molecule is CC.CCCCC(CC)(CC)CCN. The molecule has 0 spiro atoms. The molecule has 0 aromatic carbocycles. The number of hydrogen-bond acceptors (Lipinski definition) is 1. The topological polar surface area (TPSA) is 26.0 Å². The molecule has 0 fully saturated rings. The summed E-state index contributed by atoms with van der Waals surface area (Å²) in [5.74, 6) is 0. The maximum absolute atomic E-state index is 5.64. The first-order valence-corrected chi connectivity index (χ1v) is 6.44. The normalized spacial score (nSPS) is 10.7. The monoisotopic (exact) mass is 201 g/mol. The van der Waals surface area contributed by atoms with Gasteiger partial charge in [0.15, 0.2) is 0 Å². The molecule has 0 rings (SSSR count). The van der Waals surface area contributed by atoms with Crippen LogP contribution in [0.15, 0.2) is 0 Å². The van der Waals surface area contributed by atoms with Gasteiger partial charge in [-0.05, 0) is 24.8 Å². The van der Waals surface area contributed by atoms with Gasteiger partial charge >= 0.3 is 0 Å². The molecule has 0 aromatic rings. The average Bonchev–Trinajstić information content (AvgIpc) is 2.27. The van der Waals surface area contributed by atoms with Gasteiger partial charge in [0.2, 0.25) is 0 Å². The third-order valence-electron chi connectivity index (χ3n) is 3.24. The second-order valence-corrected chi connectivity index (χ2v) is 3.85. The average molecular weight is 201 g/mol. The van der Waals surface area contributed by atoms with Gasteiger partial charge in [0.1, 0.15) is 0 Å². The third-order valence-corrected chi connectivity index (χ3v) is 3.24. The molecular formula is C13H31N. The fraction of sp³-hybridized carbons (Fsp3) is 1.00. The van der Waals surface area contributed by atoms with Crippen molar-refractivity contribution in [1.82, 2.24) is 0 Å². The summed E-state index contributed by atoms with van der Waals surface area (Å²) in [5.41, 5.74) is 6.20. The lowest BCUT2D eigenvalue weighted by atomic mass is 9.75. The first kappa shape index (κ1) is 16.4. The summed E-state index contributed by atoms with van der Waals surface area (Å²) in [5, 5.41) is 0. The van der Waals surface area contributed by atoms with E-state index < -0.39 is 0 Å². The summed E-state index contributed by atoms with van der Waals surface area (Å²) < 4.78 is 0. The maximum atomic E-state index is 5.64. The van der Waals surface area contributed by atoms with E-state index in [-0.39, 0.29) is 0 Å². The highest BCUT2D eigenvalue weighted by Gasteiger charge is 2.23. The lowest BCUT2D eigenvalue weighted by molar-refractivity contribution is 0.216. The lowest BCUT2D eigenvalue weighted by Gasteiger charge is -2.31. The number of rotatable bonds is 7. The van der Waals surface area contributed by atoms with Crippen molar-refractivity contribution in [1.29, 1.82) is 0 Å². The summed E-state index contributed by atoms with van der Waals surface area (Å²) in [6, 6.07) is 0. The van der Waals surface area contributed by atoms with Crippen molar-refractivity contribution in [3.63, 3.8) is 0 Å². The van der Waals surface area contributed by atoms with E-state index in [0.717, 1.165) is 6.54 Å². The van der Waals surface area contributed by atoms with Gasteiger partial charge in [0.25, 0.3) is 0 Å². The molecule has 14 heavy (non-hydrogen) atoms. The Kier molecular flexibility index (Phi) is 12.9. The van der Waals surface area contributed by atoms with E-state index in [1.165, 1.54) is 38.5 Å². The highest BCUT2D eigenvalue weighted by molar-refractivity contribution is 4.76. The minimum Gasteiger partial charge on any atom is -0.330 e. The van der Waals surface area contributed by atoms with Gasteiger partial charge in [0.05, 0.1) is 0 Å². The molecule has 0 heterocycles. The van der Waals surface area contributed by atoms with Crippen LogP contribution in [-0.4, -0.2) is 6.54 Å². The van der Waals surface area contributed by atoms with Crippen LogP contribution in [0.3, 0.4) is 0 Å². The van der Waals surface area contributed by atoms with Crippen LogP contribution < -0.4 is 5.73 Å². The fourth-order valence-electron chi connectivity index (χ4n) is 1.94. The number of nitrogens with two attached hydrogens (primary N) is 1. The van der Waals surface area contributed by atoms with Crippen LogP contribution in [-0.2, 0) is 0 Å². The van der Waals surface area contributed by atoms with E-state index in [4.69, 9.17) is 5.73 Å². The molecule has 0 amide bonds. The second-order valence-electron chi connectivity index (χ2n) is 3.85. The van der Waals surface area contributed by atoms with Crippen LogP contribution in [0.5, 0.6) is 0 Å². The maximum Gasteiger partial charge on any atom is -0.00720 e. The summed E-state index contributed by atoms with van der Waals surface area (Å²) in [4.78, 5) is 0. The summed E-state index contributed by atoms with van der Waals surface area (Å²) in [7, 11) is 0. The Bertz CT molecular complexity index is 95.4. The lowest BCUT2D eigenvalue weighted by Crippen LogP contribution is -2.22. The zero-order chi connectivity index (χ0) is 11.4. The van der Waals surface area contributed by atoms with Gasteiger partial charge in [-0.25, -0.2) is 0 Å². The Morgan fingerprint density at radius 3 is 1.71 bits per heavy atom. The van der Waals surface area contributed by atoms with E-state index in [2.05, 4.69) is 20.8 Å². The predicted molar refractivity (Wildman–Crippen MR) is 67.6 cm³/mol. The fourth-order valence-corrected chi connectivity index (χ4v) is 1.94. The molecule has 0 unspecified atom stereocenters. The van der Waals surface area contributed by atoms with Crippen molar-refractivity contribution in [2.45, 2.75) is 73.1 Å². The van der Waals surface area contributed by atoms with Crippen LogP contribution >= 0.6 is 0 Å². The van der Waals surface area contributed by atoms with Crippen LogP contribution in [0.4, 0.5) is 0 Å². The van der Waals surface area contributed by atoms with Gasteiger partial charge in [-0.15, -0.1) is 0 Å². The molecule has 1 heteroatoms. The van der Waals surface area contributed by atoms with Gasteiger partial charge in [0, 0.05) is 0 Å². The standard InChI is InChI=1S/C11H25N.C2H6/c1-4-7-8-11(5-2,6-3)9-10-12;1-2/h4-10,12H2,1-3H3;1-2H3. The second kappa shape index (κ2) is 11.0. The van der Waals surface area contributed by atoms with Crippen molar-refractivity contribution < 1.29 is 0 Å². The first-order chi connectivity index (χ1) is 6.74. The van der Waals surface area contributed by atoms with Crippen LogP contribution in [0.1, 0.15) is 73.1 Å². The van der Waals surface area contributed by atoms with Gasteiger partial charge in [-0.2, -0.15) is 0 Å². The number of unbranched alkanes of at least 4 members (excludes halogenated alkanes) is 1. The molecule has 88 valence electrons. The van der Waals surface area contributed by atoms with Crippen molar-refractivity contribution in [2.75, 3.05) is 6.54 Å². The van der Waals surface area contributed by atoms with Gasteiger partial charge in [-0.3, -0.25) is 0 Å². The Morgan fingerprint density at radius 2 is 1.43 bits per heavy atom. The van der Waals surface area contributed by atoms with Crippen LogP contribution in [0.25, 0.3) is 0 Å². The molecule has 0 aliphatic rings. The molecule has 0 saturated carbocycles. The van der Waals surface area contributed by atoms with Crippen LogP contribution in [0.2, 0.25) is 0 Å². The molecule has 0 aromatic heterocycles. The van der Waals surface area contributed by atoms with Crippen molar-refractivity contribution >= 4 is 0 Å². The van der Waals surface area contributed by atoms with Gasteiger partial charge in [-0.1, -0.05) is 60.3 Å². The van der Waals surface area contributed by atoms with E-state index in [1.807, 2.05) is 13.8 Å². The predicted octanol–water partition coefficient (Wildman–Crippen LogP) is 4.36. The zero-order valence-corrected chi connectivity index (χ0v) is 11.0. The highest BCUT2D eigenvalue weighted by Crippen LogP contribution is 2.35. The van der Waals surface area contributed by atoms with Crippen molar-refractivity contribution in [2.24, 2.45) is 11.1 Å². The third kappa shape index (κ3) is 6.42. The van der Waals surface area contributed by atoms with E-state index in [0.29, 0.717) is 5.41 Å². The van der Waals surface area contributed by atoms with E-state index in [1.54, 1.807) is 0 Å².